The van der Waals surface area contributed by atoms with Crippen LogP contribution in [0.15, 0.2) is 72.6 Å². The van der Waals surface area contributed by atoms with Crippen molar-refractivity contribution in [1.29, 1.82) is 5.26 Å². The van der Waals surface area contributed by atoms with Gasteiger partial charge in [-0.3, -0.25) is 9.78 Å². The molecule has 3 aromatic rings. The van der Waals surface area contributed by atoms with Crippen molar-refractivity contribution in [2.75, 3.05) is 5.32 Å². The third kappa shape index (κ3) is 5.58. The second kappa shape index (κ2) is 9.74. The Morgan fingerprint density at radius 1 is 1.10 bits per heavy atom. The fourth-order valence-electron chi connectivity index (χ4n) is 2.41. The Balaban J connectivity index is 1.67. The van der Waals surface area contributed by atoms with Gasteiger partial charge < -0.3 is 10.1 Å². The molecule has 0 radical (unpaired) electrons. The van der Waals surface area contributed by atoms with E-state index in [1.54, 1.807) is 54.9 Å². The fraction of sp³-hybridized carbons (Fsp3) is 0.0455. The van der Waals surface area contributed by atoms with Crippen molar-refractivity contribution in [3.63, 3.8) is 0 Å². The first-order valence-electron chi connectivity index (χ1n) is 8.56. The summed E-state index contributed by atoms with van der Waals surface area (Å²) in [5, 5.41) is 12.5. The third-order valence-electron chi connectivity index (χ3n) is 3.91. The Kier molecular flexibility index (Phi) is 6.85. The van der Waals surface area contributed by atoms with Gasteiger partial charge in [-0.05, 0) is 53.6 Å². The van der Waals surface area contributed by atoms with E-state index in [1.807, 2.05) is 18.2 Å². The number of nitrogens with zero attached hydrogens (tertiary/aromatic N) is 2. The molecule has 1 heterocycles. The second-order valence-corrected chi connectivity index (χ2v) is 6.72. The van der Waals surface area contributed by atoms with E-state index in [4.69, 9.17) is 27.9 Å². The van der Waals surface area contributed by atoms with Crippen LogP contribution in [0, 0.1) is 11.3 Å². The molecule has 1 N–H and O–H groups in total. The Labute approximate surface area is 178 Å². The van der Waals surface area contributed by atoms with Crippen molar-refractivity contribution >= 4 is 40.9 Å². The van der Waals surface area contributed by atoms with Gasteiger partial charge in [0.25, 0.3) is 5.91 Å². The largest absolute Gasteiger partial charge is 0.489 e. The summed E-state index contributed by atoms with van der Waals surface area (Å²) < 4.78 is 5.71. The molecule has 144 valence electrons. The van der Waals surface area contributed by atoms with Crippen LogP contribution in [0.4, 0.5) is 5.69 Å². The molecule has 0 aliphatic heterocycles. The monoisotopic (exact) mass is 423 g/mol. The molecule has 3 rings (SSSR count). The summed E-state index contributed by atoms with van der Waals surface area (Å²) in [5.74, 6) is 0.0994. The number of carbonyl (C=O) groups excluding carboxylic acids is 1. The molecule has 5 nitrogen and oxygen atoms in total. The number of aromatic nitrogens is 1. The zero-order chi connectivity index (χ0) is 20.6. The number of benzene rings is 2. The van der Waals surface area contributed by atoms with E-state index in [2.05, 4.69) is 10.3 Å². The standard InChI is InChI=1S/C22H15Cl2N3O2/c23-19-2-1-3-20(21(19)24)27-22(28)17(13-25)12-15-4-6-18(7-5-15)29-14-16-8-10-26-11-9-16/h1-12H,14H2,(H,27,28)/b17-12+. The van der Waals surface area contributed by atoms with Crippen molar-refractivity contribution in [3.8, 4) is 11.8 Å². The minimum Gasteiger partial charge on any atom is -0.489 e. The van der Waals surface area contributed by atoms with Gasteiger partial charge in [-0.1, -0.05) is 41.4 Å². The summed E-state index contributed by atoms with van der Waals surface area (Å²) in [6.07, 6.45) is 4.90. The van der Waals surface area contributed by atoms with Crippen LogP contribution in [-0.4, -0.2) is 10.9 Å². The van der Waals surface area contributed by atoms with E-state index < -0.39 is 5.91 Å². The van der Waals surface area contributed by atoms with Crippen molar-refractivity contribution in [3.05, 3.63) is 93.7 Å². The summed E-state index contributed by atoms with van der Waals surface area (Å²) in [6.45, 7) is 0.421. The molecule has 7 heteroatoms. The first-order valence-corrected chi connectivity index (χ1v) is 9.31. The van der Waals surface area contributed by atoms with E-state index in [0.29, 0.717) is 28.6 Å². The lowest BCUT2D eigenvalue weighted by Crippen LogP contribution is -2.13. The molecule has 0 bridgehead atoms. The summed E-state index contributed by atoms with van der Waals surface area (Å²) in [7, 11) is 0. The van der Waals surface area contributed by atoms with Crippen LogP contribution >= 0.6 is 23.2 Å². The number of pyridine rings is 1. The number of rotatable bonds is 6. The quantitative estimate of drug-likeness (QED) is 0.418. The molecule has 0 aliphatic carbocycles. The number of halogens is 2. The zero-order valence-electron chi connectivity index (χ0n) is 15.1. The maximum absolute atomic E-state index is 12.4. The highest BCUT2D eigenvalue weighted by Crippen LogP contribution is 2.29. The molecule has 0 saturated heterocycles. The van der Waals surface area contributed by atoms with Gasteiger partial charge in [0.05, 0.1) is 15.7 Å². The second-order valence-electron chi connectivity index (χ2n) is 5.94. The minimum absolute atomic E-state index is 0.0634. The molecule has 1 amide bonds. The van der Waals surface area contributed by atoms with Crippen LogP contribution in [0.25, 0.3) is 6.08 Å². The normalized spacial score (nSPS) is 10.9. The van der Waals surface area contributed by atoms with Crippen molar-refractivity contribution in [2.45, 2.75) is 6.61 Å². The predicted molar refractivity (Wildman–Crippen MR) is 114 cm³/mol. The average molecular weight is 424 g/mol. The van der Waals surface area contributed by atoms with Crippen molar-refractivity contribution < 1.29 is 9.53 Å². The van der Waals surface area contributed by atoms with Crippen LogP contribution in [0.1, 0.15) is 11.1 Å². The number of hydrogen-bond acceptors (Lipinski definition) is 4. The molecule has 0 unspecified atom stereocenters. The van der Waals surface area contributed by atoms with Crippen LogP contribution in [0.3, 0.4) is 0 Å². The lowest BCUT2D eigenvalue weighted by atomic mass is 10.1. The summed E-state index contributed by atoms with van der Waals surface area (Å²) in [4.78, 5) is 16.4. The minimum atomic E-state index is -0.574. The van der Waals surface area contributed by atoms with Gasteiger partial charge in [-0.2, -0.15) is 5.26 Å². The van der Waals surface area contributed by atoms with E-state index >= 15 is 0 Å². The fourth-order valence-corrected chi connectivity index (χ4v) is 2.76. The molecule has 0 saturated carbocycles. The molecular weight excluding hydrogens is 409 g/mol. The predicted octanol–water partition coefficient (Wildman–Crippen LogP) is 5.51. The Morgan fingerprint density at radius 2 is 1.83 bits per heavy atom. The van der Waals surface area contributed by atoms with Gasteiger partial charge in [-0.25, -0.2) is 0 Å². The Bertz CT molecular complexity index is 1080. The lowest BCUT2D eigenvalue weighted by Gasteiger charge is -2.08. The summed E-state index contributed by atoms with van der Waals surface area (Å²) in [5.41, 5.74) is 1.97. The van der Waals surface area contributed by atoms with Gasteiger partial charge in [0.2, 0.25) is 0 Å². The van der Waals surface area contributed by atoms with Gasteiger partial charge in [-0.15, -0.1) is 0 Å². The molecule has 29 heavy (non-hydrogen) atoms. The number of nitrogens with one attached hydrogen (secondary N) is 1. The number of ether oxygens (including phenoxy) is 1. The van der Waals surface area contributed by atoms with E-state index in [1.165, 1.54) is 6.08 Å². The maximum atomic E-state index is 12.4. The van der Waals surface area contributed by atoms with E-state index in [-0.39, 0.29) is 10.6 Å². The SMILES string of the molecule is N#C/C(=C\c1ccc(OCc2ccncc2)cc1)C(=O)Nc1cccc(Cl)c1Cl. The number of amides is 1. The van der Waals surface area contributed by atoms with Gasteiger partial charge >= 0.3 is 0 Å². The van der Waals surface area contributed by atoms with Gasteiger partial charge in [0, 0.05) is 12.4 Å². The molecule has 0 aliphatic rings. The summed E-state index contributed by atoms with van der Waals surface area (Å²) >= 11 is 12.0. The average Bonchev–Trinajstić information content (AvgIpc) is 2.75. The van der Waals surface area contributed by atoms with Gasteiger partial charge in [0.15, 0.2) is 0 Å². The van der Waals surface area contributed by atoms with Crippen LogP contribution in [0.2, 0.25) is 10.0 Å². The van der Waals surface area contributed by atoms with Gasteiger partial charge in [0.1, 0.15) is 24.0 Å². The molecular formula is C22H15Cl2N3O2. The van der Waals surface area contributed by atoms with E-state index in [0.717, 1.165) is 5.56 Å². The number of anilines is 1. The maximum Gasteiger partial charge on any atom is 0.266 e. The highest BCUT2D eigenvalue weighted by Gasteiger charge is 2.12. The number of carbonyl (C=O) groups is 1. The molecule has 1 aromatic heterocycles. The van der Waals surface area contributed by atoms with Crippen LogP contribution in [-0.2, 0) is 11.4 Å². The zero-order valence-corrected chi connectivity index (χ0v) is 16.6. The molecule has 0 fully saturated rings. The smallest absolute Gasteiger partial charge is 0.266 e. The lowest BCUT2D eigenvalue weighted by molar-refractivity contribution is -0.112. The molecule has 2 aromatic carbocycles. The van der Waals surface area contributed by atoms with Crippen LogP contribution < -0.4 is 10.1 Å². The van der Waals surface area contributed by atoms with Crippen LogP contribution in [0.5, 0.6) is 5.75 Å². The highest BCUT2D eigenvalue weighted by molar-refractivity contribution is 6.44. The highest BCUT2D eigenvalue weighted by atomic mass is 35.5. The topological polar surface area (TPSA) is 75.0 Å². The number of hydrogen-bond donors (Lipinski definition) is 1. The number of nitriles is 1. The first-order chi connectivity index (χ1) is 14.1. The molecule has 0 spiro atoms. The first kappa shape index (κ1) is 20.4. The van der Waals surface area contributed by atoms with Crippen molar-refractivity contribution in [2.24, 2.45) is 0 Å². The third-order valence-corrected chi connectivity index (χ3v) is 4.73. The summed E-state index contributed by atoms with van der Waals surface area (Å²) in [6, 6.07) is 17.6. The Hall–Kier alpha value is -3.33. The molecule has 0 atom stereocenters. The van der Waals surface area contributed by atoms with E-state index in [9.17, 15) is 10.1 Å². The Morgan fingerprint density at radius 3 is 2.52 bits per heavy atom. The van der Waals surface area contributed by atoms with Crippen molar-refractivity contribution in [1.82, 2.24) is 4.98 Å².